The highest BCUT2D eigenvalue weighted by Gasteiger charge is 2.33. The van der Waals surface area contributed by atoms with E-state index in [-0.39, 0.29) is 11.5 Å². The molecule has 1 atom stereocenters. The number of ether oxygens (including phenoxy) is 1. The van der Waals surface area contributed by atoms with Gasteiger partial charge in [0.1, 0.15) is 9.86 Å². The van der Waals surface area contributed by atoms with Crippen molar-refractivity contribution >= 4 is 72.6 Å². The number of amides is 1. The average molecular weight is 525 g/mol. The summed E-state index contributed by atoms with van der Waals surface area (Å²) < 4.78 is 7.10. The number of hydrogen-bond donors (Lipinski definition) is 1. The summed E-state index contributed by atoms with van der Waals surface area (Å²) in [5.74, 6) is 0.243. The molecule has 0 bridgehead atoms. The highest BCUT2D eigenvalue weighted by molar-refractivity contribution is 9.10. The van der Waals surface area contributed by atoms with E-state index < -0.39 is 0 Å². The summed E-state index contributed by atoms with van der Waals surface area (Å²) in [6.07, 6.45) is 3.77. The highest BCUT2D eigenvalue weighted by atomic mass is 79.9. The number of carbonyl (C=O) groups excluding carboxylic acids is 1. The Kier molecular flexibility index (Phi) is 6.74. The van der Waals surface area contributed by atoms with Crippen LogP contribution >= 0.6 is 50.8 Å². The molecule has 1 N–H and O–H groups in total. The fraction of sp³-hybridized carbons (Fsp3) is 0.381. The predicted molar refractivity (Wildman–Crippen MR) is 130 cm³/mol. The first-order valence-electron chi connectivity index (χ1n) is 9.59. The lowest BCUT2D eigenvalue weighted by Crippen LogP contribution is -2.33. The fourth-order valence-electron chi connectivity index (χ4n) is 3.31. The van der Waals surface area contributed by atoms with Gasteiger partial charge >= 0.3 is 0 Å². The largest absolute Gasteiger partial charge is 0.369 e. The Bertz CT molecular complexity index is 1090. The van der Waals surface area contributed by atoms with E-state index in [4.69, 9.17) is 14.7 Å². The molecule has 2 aromatic heterocycles. The van der Waals surface area contributed by atoms with E-state index in [1.807, 2.05) is 30.5 Å². The minimum absolute atomic E-state index is 0.0504. The minimum atomic E-state index is -0.167. The van der Waals surface area contributed by atoms with Crippen molar-refractivity contribution in [2.75, 3.05) is 17.3 Å². The summed E-state index contributed by atoms with van der Waals surface area (Å²) in [7, 11) is 0. The smallest absolute Gasteiger partial charge is 0.234 e. The van der Waals surface area contributed by atoms with Crippen LogP contribution in [0, 0.1) is 0 Å². The molecular formula is C21H22BrN3O2S3. The van der Waals surface area contributed by atoms with Crippen LogP contribution in [0.15, 0.2) is 38.9 Å². The molecule has 0 aliphatic carbocycles. The monoisotopic (exact) mass is 523 g/mol. The summed E-state index contributed by atoms with van der Waals surface area (Å²) in [6.45, 7) is 4.93. The zero-order valence-corrected chi connectivity index (χ0v) is 21.0. The standard InChI is InChI=1S/C21H22BrN3O2S3/c1-4-21(2)9-14-15(10-27-21)30-19-17(14)18(24-20(25-19)28-3)29-11-16(26)23-13-7-5-12(22)6-8-13/h5-8H,4,9-11H2,1-3H3,(H,23,26)/t21-/m0/s1. The van der Waals surface area contributed by atoms with E-state index >= 15 is 0 Å². The number of rotatable bonds is 6. The molecule has 0 spiro atoms. The van der Waals surface area contributed by atoms with Crippen LogP contribution in [-0.4, -0.2) is 33.5 Å². The van der Waals surface area contributed by atoms with Crippen molar-refractivity contribution in [3.63, 3.8) is 0 Å². The number of aromatic nitrogens is 2. The SMILES string of the molecule is CC[C@@]1(C)Cc2c(sc3nc(SC)nc(SCC(=O)Nc4ccc(Br)cc4)c23)CO1. The van der Waals surface area contributed by atoms with Crippen molar-refractivity contribution < 1.29 is 9.53 Å². The molecule has 0 radical (unpaired) electrons. The van der Waals surface area contributed by atoms with Gasteiger partial charge in [0.2, 0.25) is 5.91 Å². The Balaban J connectivity index is 1.60. The fourth-order valence-corrected chi connectivity index (χ4v) is 6.07. The van der Waals surface area contributed by atoms with Crippen molar-refractivity contribution in [3.05, 3.63) is 39.2 Å². The molecule has 1 aliphatic rings. The molecule has 0 saturated carbocycles. The Hall–Kier alpha value is -1.13. The van der Waals surface area contributed by atoms with Crippen LogP contribution in [0.25, 0.3) is 10.2 Å². The summed E-state index contributed by atoms with van der Waals surface area (Å²) in [5, 5.41) is 5.66. The lowest BCUT2D eigenvalue weighted by atomic mass is 9.90. The first-order chi connectivity index (χ1) is 14.4. The lowest BCUT2D eigenvalue weighted by molar-refractivity contribution is -0.113. The molecule has 1 amide bonds. The third-order valence-corrected chi connectivity index (χ3v) is 8.33. The molecular weight excluding hydrogens is 502 g/mol. The summed E-state index contributed by atoms with van der Waals surface area (Å²) in [5.41, 5.74) is 1.90. The molecule has 0 unspecified atom stereocenters. The van der Waals surface area contributed by atoms with E-state index in [2.05, 4.69) is 35.1 Å². The maximum absolute atomic E-state index is 12.5. The molecule has 158 valence electrons. The van der Waals surface area contributed by atoms with Crippen molar-refractivity contribution in [1.29, 1.82) is 0 Å². The van der Waals surface area contributed by atoms with E-state index in [0.717, 1.165) is 43.4 Å². The van der Waals surface area contributed by atoms with Gasteiger partial charge in [0.25, 0.3) is 0 Å². The normalized spacial score (nSPS) is 18.4. The Morgan fingerprint density at radius 1 is 1.33 bits per heavy atom. The van der Waals surface area contributed by atoms with Gasteiger partial charge in [0.05, 0.1) is 18.0 Å². The third-order valence-electron chi connectivity index (χ3n) is 5.18. The van der Waals surface area contributed by atoms with Crippen LogP contribution in [0.2, 0.25) is 0 Å². The summed E-state index contributed by atoms with van der Waals surface area (Å²) in [6, 6.07) is 7.57. The topological polar surface area (TPSA) is 64.1 Å². The Morgan fingerprint density at radius 2 is 2.10 bits per heavy atom. The van der Waals surface area contributed by atoms with E-state index in [9.17, 15) is 4.79 Å². The van der Waals surface area contributed by atoms with Crippen molar-refractivity contribution in [1.82, 2.24) is 9.97 Å². The molecule has 5 nitrogen and oxygen atoms in total. The highest BCUT2D eigenvalue weighted by Crippen LogP contribution is 2.43. The number of nitrogens with one attached hydrogen (secondary N) is 1. The van der Waals surface area contributed by atoms with Gasteiger partial charge in [-0.25, -0.2) is 9.97 Å². The third kappa shape index (κ3) is 4.70. The van der Waals surface area contributed by atoms with Gasteiger partial charge in [-0.15, -0.1) is 11.3 Å². The maximum Gasteiger partial charge on any atom is 0.234 e. The number of carbonyl (C=O) groups is 1. The zero-order chi connectivity index (χ0) is 21.3. The average Bonchev–Trinajstić information content (AvgIpc) is 3.11. The first kappa shape index (κ1) is 22.1. The number of benzene rings is 1. The van der Waals surface area contributed by atoms with Gasteiger partial charge in [-0.05, 0) is 49.4 Å². The van der Waals surface area contributed by atoms with Gasteiger partial charge in [-0.1, -0.05) is 46.4 Å². The van der Waals surface area contributed by atoms with Gasteiger partial charge in [0, 0.05) is 26.8 Å². The molecule has 0 saturated heterocycles. The van der Waals surface area contributed by atoms with E-state index in [1.54, 1.807) is 11.3 Å². The van der Waals surface area contributed by atoms with E-state index in [0.29, 0.717) is 12.4 Å². The molecule has 3 aromatic rings. The molecule has 1 aromatic carbocycles. The summed E-state index contributed by atoms with van der Waals surface area (Å²) >= 11 is 8.09. The number of fused-ring (bicyclic) bond motifs is 3. The van der Waals surface area contributed by atoms with Crippen LogP contribution < -0.4 is 5.32 Å². The van der Waals surface area contributed by atoms with Crippen LogP contribution in [0.4, 0.5) is 5.69 Å². The lowest BCUT2D eigenvalue weighted by Gasteiger charge is -2.33. The minimum Gasteiger partial charge on any atom is -0.369 e. The molecule has 4 rings (SSSR count). The molecule has 3 heterocycles. The van der Waals surface area contributed by atoms with Gasteiger partial charge < -0.3 is 10.1 Å². The van der Waals surface area contributed by atoms with Crippen molar-refractivity contribution in [3.8, 4) is 0 Å². The van der Waals surface area contributed by atoms with Crippen LogP contribution in [0.5, 0.6) is 0 Å². The Labute approximate surface area is 196 Å². The quantitative estimate of drug-likeness (QED) is 0.237. The second-order valence-corrected chi connectivity index (χ2v) is 11.0. The number of thioether (sulfide) groups is 2. The molecule has 1 aliphatic heterocycles. The van der Waals surface area contributed by atoms with Gasteiger partial charge in [-0.2, -0.15) is 0 Å². The molecule has 30 heavy (non-hydrogen) atoms. The number of anilines is 1. The number of hydrogen-bond acceptors (Lipinski definition) is 7. The van der Waals surface area contributed by atoms with Gasteiger partial charge in [0.15, 0.2) is 5.16 Å². The first-order valence-corrected chi connectivity index (χ1v) is 13.4. The second kappa shape index (κ2) is 9.16. The predicted octanol–water partition coefficient (Wildman–Crippen LogP) is 6.15. The van der Waals surface area contributed by atoms with E-state index in [1.165, 1.54) is 34.0 Å². The maximum atomic E-state index is 12.5. The van der Waals surface area contributed by atoms with Crippen LogP contribution in [0.3, 0.4) is 0 Å². The number of thiophene rings is 1. The number of halogens is 1. The van der Waals surface area contributed by atoms with Crippen molar-refractivity contribution in [2.24, 2.45) is 0 Å². The summed E-state index contributed by atoms with van der Waals surface area (Å²) in [4.78, 5) is 24.2. The van der Waals surface area contributed by atoms with Gasteiger partial charge in [-0.3, -0.25) is 4.79 Å². The zero-order valence-electron chi connectivity index (χ0n) is 17.0. The molecule has 9 heteroatoms. The number of nitrogens with zero attached hydrogens (tertiary/aromatic N) is 2. The second-order valence-electron chi connectivity index (χ2n) is 7.31. The van der Waals surface area contributed by atoms with Crippen molar-refractivity contribution in [2.45, 2.75) is 49.1 Å². The van der Waals surface area contributed by atoms with Crippen LogP contribution in [0.1, 0.15) is 30.7 Å². The Morgan fingerprint density at radius 3 is 2.80 bits per heavy atom. The van der Waals surface area contributed by atoms with Crippen LogP contribution in [-0.2, 0) is 22.6 Å². The molecule has 0 fully saturated rings.